The molecule has 1 aromatic carbocycles. The first-order valence-electron chi connectivity index (χ1n) is 6.34. The zero-order valence-corrected chi connectivity index (χ0v) is 10.4. The van der Waals surface area contributed by atoms with E-state index in [0.717, 1.165) is 32.5 Å². The molecule has 0 saturated carbocycles. The van der Waals surface area contributed by atoms with Crippen molar-refractivity contribution in [3.8, 4) is 0 Å². The van der Waals surface area contributed by atoms with Crippen LogP contribution in [-0.4, -0.2) is 41.8 Å². The number of hydrogen-bond donors (Lipinski definition) is 1. The van der Waals surface area contributed by atoms with Crippen LogP contribution in [0.25, 0.3) is 0 Å². The maximum absolute atomic E-state index is 10.5. The maximum Gasteiger partial charge on any atom is 0.329 e. The monoisotopic (exact) mass is 249 g/mol. The van der Waals surface area contributed by atoms with E-state index in [1.165, 1.54) is 5.56 Å². The van der Waals surface area contributed by atoms with E-state index in [0.29, 0.717) is 0 Å². The summed E-state index contributed by atoms with van der Waals surface area (Å²) in [4.78, 5) is 12.8. The first kappa shape index (κ1) is 13.1. The Hall–Kier alpha value is -1.39. The summed E-state index contributed by atoms with van der Waals surface area (Å²) in [6.07, 6.45) is 2.08. The number of aliphatic carboxylic acids is 1. The lowest BCUT2D eigenvalue weighted by Gasteiger charge is -2.32. The predicted octanol–water partition coefficient (Wildman–Crippen LogP) is 1.75. The van der Waals surface area contributed by atoms with Crippen molar-refractivity contribution in [3.63, 3.8) is 0 Å². The minimum absolute atomic E-state index is 0.0542. The molecule has 1 fully saturated rings. The first-order valence-corrected chi connectivity index (χ1v) is 6.34. The van der Waals surface area contributed by atoms with Crippen LogP contribution < -0.4 is 0 Å². The van der Waals surface area contributed by atoms with Crippen LogP contribution in [0.5, 0.6) is 0 Å². The second-order valence-corrected chi connectivity index (χ2v) is 4.69. The second kappa shape index (κ2) is 6.52. The van der Waals surface area contributed by atoms with Gasteiger partial charge in [0.25, 0.3) is 0 Å². The van der Waals surface area contributed by atoms with E-state index in [1.54, 1.807) is 0 Å². The van der Waals surface area contributed by atoms with Gasteiger partial charge in [-0.3, -0.25) is 4.90 Å². The van der Waals surface area contributed by atoms with E-state index < -0.39 is 5.97 Å². The molecule has 98 valence electrons. The summed E-state index contributed by atoms with van der Waals surface area (Å²) in [5, 5.41) is 8.61. The van der Waals surface area contributed by atoms with E-state index in [2.05, 4.69) is 17.0 Å². The Balaban J connectivity index is 1.81. The third kappa shape index (κ3) is 4.13. The summed E-state index contributed by atoms with van der Waals surface area (Å²) >= 11 is 0. The van der Waals surface area contributed by atoms with Crippen molar-refractivity contribution in [3.05, 3.63) is 35.9 Å². The molecule has 0 amide bonds. The van der Waals surface area contributed by atoms with Crippen LogP contribution in [0.3, 0.4) is 0 Å². The number of carboxylic acids is 1. The van der Waals surface area contributed by atoms with Gasteiger partial charge in [0.1, 0.15) is 6.61 Å². The van der Waals surface area contributed by atoms with Gasteiger partial charge in [0.15, 0.2) is 0 Å². The van der Waals surface area contributed by atoms with E-state index in [1.807, 2.05) is 18.2 Å². The highest BCUT2D eigenvalue weighted by molar-refractivity contribution is 5.68. The van der Waals surface area contributed by atoms with Gasteiger partial charge in [-0.2, -0.15) is 0 Å². The Morgan fingerprint density at radius 2 is 2.17 bits per heavy atom. The van der Waals surface area contributed by atoms with Gasteiger partial charge in [0.2, 0.25) is 0 Å². The summed E-state index contributed by atoms with van der Waals surface area (Å²) in [7, 11) is 0. The highest BCUT2D eigenvalue weighted by atomic mass is 16.5. The van der Waals surface area contributed by atoms with Gasteiger partial charge in [-0.05, 0) is 24.9 Å². The molecule has 0 unspecified atom stereocenters. The molecular formula is C14H19NO3. The third-order valence-electron chi connectivity index (χ3n) is 3.15. The number of ether oxygens (including phenoxy) is 1. The quantitative estimate of drug-likeness (QED) is 0.863. The number of carboxylic acid groups (broad SMARTS) is 1. The Kier molecular flexibility index (Phi) is 4.73. The van der Waals surface area contributed by atoms with Crippen LogP contribution in [0.2, 0.25) is 0 Å². The fraction of sp³-hybridized carbons (Fsp3) is 0.500. The summed E-state index contributed by atoms with van der Waals surface area (Å²) in [5.74, 6) is -0.893. The minimum atomic E-state index is -0.893. The highest BCUT2D eigenvalue weighted by Crippen LogP contribution is 2.15. The fourth-order valence-electron chi connectivity index (χ4n) is 2.32. The molecule has 1 N–H and O–H groups in total. The number of benzene rings is 1. The molecule has 18 heavy (non-hydrogen) atoms. The van der Waals surface area contributed by atoms with Crippen LogP contribution in [0, 0.1) is 0 Å². The van der Waals surface area contributed by atoms with Crippen molar-refractivity contribution in [2.24, 2.45) is 0 Å². The molecule has 2 rings (SSSR count). The zero-order valence-electron chi connectivity index (χ0n) is 10.4. The van der Waals surface area contributed by atoms with Gasteiger partial charge in [-0.15, -0.1) is 0 Å². The predicted molar refractivity (Wildman–Crippen MR) is 68.3 cm³/mol. The Morgan fingerprint density at radius 3 is 2.89 bits per heavy atom. The summed E-state index contributed by atoms with van der Waals surface area (Å²) in [6.45, 7) is 2.60. The Morgan fingerprint density at radius 1 is 1.39 bits per heavy atom. The first-order chi connectivity index (χ1) is 8.74. The lowest BCUT2D eigenvalue weighted by molar-refractivity contribution is -0.145. The molecule has 4 nitrogen and oxygen atoms in total. The van der Waals surface area contributed by atoms with Gasteiger partial charge in [0, 0.05) is 13.1 Å². The molecule has 1 atom stereocenters. The van der Waals surface area contributed by atoms with Crippen molar-refractivity contribution in [2.75, 3.05) is 19.7 Å². The Labute approximate surface area is 107 Å². The molecule has 0 bridgehead atoms. The van der Waals surface area contributed by atoms with Crippen LogP contribution in [0.15, 0.2) is 30.3 Å². The highest BCUT2D eigenvalue weighted by Gasteiger charge is 2.20. The standard InChI is InChI=1S/C14H19NO3/c16-14(17)11-18-13-7-4-8-15(10-13)9-12-5-2-1-3-6-12/h1-3,5-6,13H,4,7-11H2,(H,16,17)/t13-/m0/s1. The van der Waals surface area contributed by atoms with Gasteiger partial charge >= 0.3 is 5.97 Å². The molecular weight excluding hydrogens is 230 g/mol. The molecule has 1 aromatic rings. The van der Waals surface area contributed by atoms with E-state index in [9.17, 15) is 4.79 Å². The lowest BCUT2D eigenvalue weighted by Crippen LogP contribution is -2.39. The average Bonchev–Trinajstić information content (AvgIpc) is 2.38. The number of rotatable bonds is 5. The molecule has 0 radical (unpaired) electrons. The van der Waals surface area contributed by atoms with Crippen LogP contribution >= 0.6 is 0 Å². The van der Waals surface area contributed by atoms with Crippen molar-refractivity contribution in [1.29, 1.82) is 0 Å². The number of likely N-dealkylation sites (tertiary alicyclic amines) is 1. The number of hydrogen-bond acceptors (Lipinski definition) is 3. The van der Waals surface area contributed by atoms with Crippen molar-refractivity contribution < 1.29 is 14.6 Å². The second-order valence-electron chi connectivity index (χ2n) is 4.69. The van der Waals surface area contributed by atoms with Gasteiger partial charge in [-0.1, -0.05) is 30.3 Å². The molecule has 1 aliphatic heterocycles. The zero-order chi connectivity index (χ0) is 12.8. The van der Waals surface area contributed by atoms with Crippen molar-refractivity contribution >= 4 is 5.97 Å². The third-order valence-corrected chi connectivity index (χ3v) is 3.15. The topological polar surface area (TPSA) is 49.8 Å². The molecule has 0 spiro atoms. The lowest BCUT2D eigenvalue weighted by atomic mass is 10.1. The summed E-state index contributed by atoms with van der Waals surface area (Å²) in [6, 6.07) is 10.3. The van der Waals surface area contributed by atoms with Crippen LogP contribution in [0.4, 0.5) is 0 Å². The number of nitrogens with zero attached hydrogens (tertiary/aromatic N) is 1. The van der Waals surface area contributed by atoms with Crippen LogP contribution in [-0.2, 0) is 16.1 Å². The summed E-state index contributed by atoms with van der Waals surface area (Å²) in [5.41, 5.74) is 1.29. The van der Waals surface area contributed by atoms with Crippen molar-refractivity contribution in [2.45, 2.75) is 25.5 Å². The average molecular weight is 249 g/mol. The SMILES string of the molecule is O=C(O)CO[C@H]1CCCN(Cc2ccccc2)C1. The van der Waals surface area contributed by atoms with E-state index in [4.69, 9.17) is 9.84 Å². The fourth-order valence-corrected chi connectivity index (χ4v) is 2.32. The number of piperidine rings is 1. The number of carbonyl (C=O) groups is 1. The Bertz CT molecular complexity index is 380. The van der Waals surface area contributed by atoms with Crippen molar-refractivity contribution in [1.82, 2.24) is 4.90 Å². The molecule has 4 heteroatoms. The molecule has 1 saturated heterocycles. The molecule has 0 aliphatic carbocycles. The molecule has 1 aliphatic rings. The van der Waals surface area contributed by atoms with Crippen LogP contribution in [0.1, 0.15) is 18.4 Å². The molecule has 1 heterocycles. The normalized spacial score (nSPS) is 20.8. The van der Waals surface area contributed by atoms with Gasteiger partial charge in [0.05, 0.1) is 6.10 Å². The minimum Gasteiger partial charge on any atom is -0.480 e. The van der Waals surface area contributed by atoms with E-state index in [-0.39, 0.29) is 12.7 Å². The van der Waals surface area contributed by atoms with E-state index >= 15 is 0 Å². The largest absolute Gasteiger partial charge is 0.480 e. The summed E-state index contributed by atoms with van der Waals surface area (Å²) < 4.78 is 5.37. The molecule has 0 aromatic heterocycles. The van der Waals surface area contributed by atoms with Gasteiger partial charge in [-0.25, -0.2) is 4.79 Å². The van der Waals surface area contributed by atoms with Gasteiger partial charge < -0.3 is 9.84 Å². The smallest absolute Gasteiger partial charge is 0.329 e. The maximum atomic E-state index is 10.5.